The number of hydrogen-bond donors (Lipinski definition) is 2. The number of nitrogens with zero attached hydrogens (tertiary/aromatic N) is 3. The van der Waals surface area contributed by atoms with E-state index in [2.05, 4.69) is 25.8 Å². The molecule has 5 heteroatoms. The fourth-order valence-corrected chi connectivity index (χ4v) is 2.59. The fourth-order valence-electron chi connectivity index (χ4n) is 2.59. The first kappa shape index (κ1) is 18.1. The average molecular weight is 328 g/mol. The van der Waals surface area contributed by atoms with Crippen molar-refractivity contribution in [1.82, 2.24) is 14.8 Å². The number of hydrogen-bond acceptors (Lipinski definition) is 2. The lowest BCUT2D eigenvalue weighted by Gasteiger charge is -2.23. The Balaban J connectivity index is 1.95. The molecule has 0 aliphatic carbocycles. The standard InChI is InChI=1S/C19H28N4O/c1-4-20-19(23(3)15-17-11-8-12-22(17)2)21-14-18(24)13-16-9-6-5-7-10-16/h5-12,18,24H,4,13-15H2,1-3H3,(H,20,21). The van der Waals surface area contributed by atoms with Gasteiger partial charge in [-0.2, -0.15) is 0 Å². The zero-order valence-electron chi connectivity index (χ0n) is 14.8. The lowest BCUT2D eigenvalue weighted by Crippen LogP contribution is -2.39. The van der Waals surface area contributed by atoms with Crippen LogP contribution in [0.5, 0.6) is 0 Å². The molecule has 0 bridgehead atoms. The predicted molar refractivity (Wildman–Crippen MR) is 99.0 cm³/mol. The quantitative estimate of drug-likeness (QED) is 0.604. The Kier molecular flexibility index (Phi) is 6.88. The summed E-state index contributed by atoms with van der Waals surface area (Å²) in [4.78, 5) is 6.67. The molecular weight excluding hydrogens is 300 g/mol. The molecule has 0 amide bonds. The number of rotatable bonds is 7. The molecule has 130 valence electrons. The van der Waals surface area contributed by atoms with Crippen LogP contribution in [0.15, 0.2) is 53.7 Å². The molecule has 0 saturated carbocycles. The molecule has 5 nitrogen and oxygen atoms in total. The zero-order chi connectivity index (χ0) is 17.4. The van der Waals surface area contributed by atoms with E-state index in [-0.39, 0.29) is 0 Å². The van der Waals surface area contributed by atoms with Crippen LogP contribution in [0.3, 0.4) is 0 Å². The molecule has 2 N–H and O–H groups in total. The number of guanidine groups is 1. The van der Waals surface area contributed by atoms with Gasteiger partial charge in [0, 0.05) is 39.0 Å². The Bertz CT molecular complexity index is 636. The van der Waals surface area contributed by atoms with Gasteiger partial charge < -0.3 is 19.9 Å². The van der Waals surface area contributed by atoms with E-state index in [1.54, 1.807) is 0 Å². The summed E-state index contributed by atoms with van der Waals surface area (Å²) in [5.74, 6) is 0.811. The normalized spacial score (nSPS) is 12.9. The molecule has 1 aromatic carbocycles. The Morgan fingerprint density at radius 2 is 2.00 bits per heavy atom. The largest absolute Gasteiger partial charge is 0.391 e. The maximum atomic E-state index is 10.2. The van der Waals surface area contributed by atoms with Gasteiger partial charge in [-0.3, -0.25) is 4.99 Å². The molecular formula is C19H28N4O. The molecule has 1 unspecified atom stereocenters. The van der Waals surface area contributed by atoms with Crippen molar-refractivity contribution in [2.75, 3.05) is 20.1 Å². The lowest BCUT2D eigenvalue weighted by atomic mass is 10.1. The van der Waals surface area contributed by atoms with E-state index in [0.29, 0.717) is 13.0 Å². The predicted octanol–water partition coefficient (Wildman–Crippen LogP) is 2.03. The van der Waals surface area contributed by atoms with E-state index in [1.165, 1.54) is 5.69 Å². The van der Waals surface area contributed by atoms with E-state index < -0.39 is 6.10 Å². The van der Waals surface area contributed by atoms with Crippen molar-refractivity contribution in [2.45, 2.75) is 26.0 Å². The highest BCUT2D eigenvalue weighted by atomic mass is 16.3. The molecule has 0 aliphatic heterocycles. The Morgan fingerprint density at radius 1 is 1.25 bits per heavy atom. The van der Waals surface area contributed by atoms with Crippen LogP contribution in [0.25, 0.3) is 0 Å². The first-order valence-electron chi connectivity index (χ1n) is 8.41. The van der Waals surface area contributed by atoms with Crippen molar-refractivity contribution in [3.05, 3.63) is 59.9 Å². The third-order valence-corrected chi connectivity index (χ3v) is 3.91. The molecule has 2 rings (SSSR count). The monoisotopic (exact) mass is 328 g/mol. The topological polar surface area (TPSA) is 52.8 Å². The first-order valence-corrected chi connectivity index (χ1v) is 8.41. The van der Waals surface area contributed by atoms with Gasteiger partial charge in [0.2, 0.25) is 0 Å². The number of aliphatic imine (C=N–C) groups is 1. The van der Waals surface area contributed by atoms with Crippen molar-refractivity contribution < 1.29 is 5.11 Å². The van der Waals surface area contributed by atoms with Crippen LogP contribution in [0.1, 0.15) is 18.2 Å². The fraction of sp³-hybridized carbons (Fsp3) is 0.421. The van der Waals surface area contributed by atoms with Gasteiger partial charge >= 0.3 is 0 Å². The van der Waals surface area contributed by atoms with Crippen molar-refractivity contribution in [3.8, 4) is 0 Å². The average Bonchev–Trinajstić information content (AvgIpc) is 2.97. The van der Waals surface area contributed by atoms with Gasteiger partial charge in [-0.1, -0.05) is 30.3 Å². The van der Waals surface area contributed by atoms with Gasteiger partial charge in [-0.15, -0.1) is 0 Å². The molecule has 24 heavy (non-hydrogen) atoms. The van der Waals surface area contributed by atoms with Crippen molar-refractivity contribution in [1.29, 1.82) is 0 Å². The summed E-state index contributed by atoms with van der Waals surface area (Å²) in [5, 5.41) is 13.5. The van der Waals surface area contributed by atoms with Crippen LogP contribution in [-0.4, -0.2) is 46.8 Å². The highest BCUT2D eigenvalue weighted by molar-refractivity contribution is 5.79. The van der Waals surface area contributed by atoms with Gasteiger partial charge in [0.1, 0.15) is 0 Å². The van der Waals surface area contributed by atoms with Crippen LogP contribution >= 0.6 is 0 Å². The summed E-state index contributed by atoms with van der Waals surface area (Å²) in [6.45, 7) is 4.00. The summed E-state index contributed by atoms with van der Waals surface area (Å²) < 4.78 is 2.10. The molecule has 0 saturated heterocycles. The maximum Gasteiger partial charge on any atom is 0.194 e. The van der Waals surface area contributed by atoms with Crippen LogP contribution in [0.4, 0.5) is 0 Å². The number of aryl methyl sites for hydroxylation is 1. The number of aliphatic hydroxyl groups is 1. The minimum Gasteiger partial charge on any atom is -0.391 e. The van der Waals surface area contributed by atoms with E-state index in [4.69, 9.17) is 0 Å². The van der Waals surface area contributed by atoms with Crippen LogP contribution < -0.4 is 5.32 Å². The molecule has 0 radical (unpaired) electrons. The second-order valence-electron chi connectivity index (χ2n) is 6.00. The van der Waals surface area contributed by atoms with Gasteiger partial charge in [-0.25, -0.2) is 0 Å². The molecule has 0 fully saturated rings. The number of benzene rings is 1. The Labute approximate surface area is 144 Å². The molecule has 2 aromatic rings. The van der Waals surface area contributed by atoms with Crippen LogP contribution in [0, 0.1) is 0 Å². The first-order chi connectivity index (χ1) is 11.6. The summed E-state index contributed by atoms with van der Waals surface area (Å²) in [5.41, 5.74) is 2.34. The van der Waals surface area contributed by atoms with E-state index in [1.807, 2.05) is 63.6 Å². The van der Waals surface area contributed by atoms with Gasteiger partial charge in [0.15, 0.2) is 5.96 Å². The minimum atomic E-state index is -0.482. The highest BCUT2D eigenvalue weighted by Crippen LogP contribution is 2.06. The van der Waals surface area contributed by atoms with E-state index in [9.17, 15) is 5.11 Å². The second kappa shape index (κ2) is 9.13. The van der Waals surface area contributed by atoms with Crippen molar-refractivity contribution in [3.63, 3.8) is 0 Å². The summed E-state index contributed by atoms with van der Waals surface area (Å²) in [7, 11) is 4.05. The summed E-state index contributed by atoms with van der Waals surface area (Å²) in [6.07, 6.45) is 2.17. The van der Waals surface area contributed by atoms with Crippen LogP contribution in [0.2, 0.25) is 0 Å². The van der Waals surface area contributed by atoms with Crippen LogP contribution in [-0.2, 0) is 20.0 Å². The van der Waals surface area contributed by atoms with E-state index >= 15 is 0 Å². The number of aliphatic hydroxyl groups excluding tert-OH is 1. The van der Waals surface area contributed by atoms with Crippen molar-refractivity contribution >= 4 is 5.96 Å². The zero-order valence-corrected chi connectivity index (χ0v) is 14.8. The smallest absolute Gasteiger partial charge is 0.194 e. The lowest BCUT2D eigenvalue weighted by molar-refractivity contribution is 0.183. The van der Waals surface area contributed by atoms with Gasteiger partial charge in [-0.05, 0) is 24.6 Å². The minimum absolute atomic E-state index is 0.384. The summed E-state index contributed by atoms with van der Waals surface area (Å²) >= 11 is 0. The SMILES string of the molecule is CCNC(=NCC(O)Cc1ccccc1)N(C)Cc1cccn1C. The third kappa shape index (κ3) is 5.42. The third-order valence-electron chi connectivity index (χ3n) is 3.91. The Hall–Kier alpha value is -2.27. The second-order valence-corrected chi connectivity index (χ2v) is 6.00. The van der Waals surface area contributed by atoms with Gasteiger partial charge in [0.05, 0.1) is 19.2 Å². The maximum absolute atomic E-state index is 10.2. The number of aromatic nitrogens is 1. The van der Waals surface area contributed by atoms with Gasteiger partial charge in [0.25, 0.3) is 0 Å². The number of nitrogens with one attached hydrogen (secondary N) is 1. The molecule has 0 spiro atoms. The molecule has 1 atom stereocenters. The molecule has 0 aliphatic rings. The van der Waals surface area contributed by atoms with E-state index in [0.717, 1.165) is 24.6 Å². The Morgan fingerprint density at radius 3 is 2.62 bits per heavy atom. The molecule has 1 aromatic heterocycles. The van der Waals surface area contributed by atoms with Crippen molar-refractivity contribution in [2.24, 2.45) is 12.0 Å². The molecule has 1 heterocycles. The summed E-state index contributed by atoms with van der Waals surface area (Å²) in [6, 6.07) is 14.2. The highest BCUT2D eigenvalue weighted by Gasteiger charge is 2.10.